The van der Waals surface area contributed by atoms with Gasteiger partial charge in [0.25, 0.3) is 5.91 Å². The highest BCUT2D eigenvalue weighted by molar-refractivity contribution is 9.10. The van der Waals surface area contributed by atoms with Crippen molar-refractivity contribution in [2.45, 2.75) is 0 Å². The van der Waals surface area contributed by atoms with E-state index in [2.05, 4.69) is 38.7 Å². The number of ether oxygens (including phenoxy) is 1. The summed E-state index contributed by atoms with van der Waals surface area (Å²) < 4.78 is 6.36. The Hall–Kier alpha value is -2.12. The van der Waals surface area contributed by atoms with Gasteiger partial charge < -0.3 is 10.1 Å². The Labute approximate surface area is 148 Å². The lowest BCUT2D eigenvalue weighted by Crippen LogP contribution is -2.48. The van der Waals surface area contributed by atoms with Gasteiger partial charge in [0.15, 0.2) is 11.7 Å². The zero-order valence-corrected chi connectivity index (χ0v) is 14.7. The zero-order chi connectivity index (χ0) is 16.7. The van der Waals surface area contributed by atoms with Gasteiger partial charge in [-0.05, 0) is 45.0 Å². The molecule has 0 aliphatic heterocycles. The topological polar surface area (TPSA) is 62.4 Å². The van der Waals surface area contributed by atoms with Gasteiger partial charge >= 0.3 is 0 Å². The van der Waals surface area contributed by atoms with E-state index >= 15 is 0 Å². The van der Waals surface area contributed by atoms with Crippen LogP contribution in [-0.4, -0.2) is 24.2 Å². The fourth-order valence-corrected chi connectivity index (χ4v) is 2.58. The number of hydrogen-bond donors (Lipinski definition) is 3. The molecule has 0 atom stereocenters. The van der Waals surface area contributed by atoms with Crippen LogP contribution in [0.3, 0.4) is 0 Å². The van der Waals surface area contributed by atoms with Crippen LogP contribution in [0.1, 0.15) is 0 Å². The summed E-state index contributed by atoms with van der Waals surface area (Å²) in [5.74, 6) is 0.263. The van der Waals surface area contributed by atoms with Gasteiger partial charge in [-0.15, -0.1) is 6.58 Å². The van der Waals surface area contributed by atoms with Gasteiger partial charge in [0, 0.05) is 6.54 Å². The number of amides is 1. The van der Waals surface area contributed by atoms with Crippen molar-refractivity contribution in [3.05, 3.63) is 53.5 Å². The molecule has 3 N–H and O–H groups in total. The number of thiocarbonyl (C=S) groups is 1. The summed E-state index contributed by atoms with van der Waals surface area (Å²) in [4.78, 5) is 11.7. The number of carbonyl (C=O) groups excluding carboxylic acids is 1. The second kappa shape index (κ2) is 8.50. The van der Waals surface area contributed by atoms with Gasteiger partial charge in [-0.2, -0.15) is 0 Å². The molecule has 120 valence electrons. The van der Waals surface area contributed by atoms with Gasteiger partial charge in [-0.3, -0.25) is 15.6 Å². The first kappa shape index (κ1) is 17.2. The van der Waals surface area contributed by atoms with Crippen LogP contribution in [0.5, 0.6) is 5.75 Å². The van der Waals surface area contributed by atoms with Crippen molar-refractivity contribution < 1.29 is 9.53 Å². The predicted molar refractivity (Wildman–Crippen MR) is 99.2 cm³/mol. The lowest BCUT2D eigenvalue weighted by atomic mass is 10.1. The van der Waals surface area contributed by atoms with Crippen molar-refractivity contribution in [3.8, 4) is 5.75 Å². The monoisotopic (exact) mass is 393 g/mol. The molecule has 0 aromatic heterocycles. The Morgan fingerprint density at radius 2 is 2.04 bits per heavy atom. The highest BCUT2D eigenvalue weighted by Crippen LogP contribution is 2.32. The smallest absolute Gasteiger partial charge is 0.276 e. The van der Waals surface area contributed by atoms with Gasteiger partial charge in [0.2, 0.25) is 0 Å². The van der Waals surface area contributed by atoms with E-state index in [0.717, 1.165) is 15.2 Å². The van der Waals surface area contributed by atoms with Crippen LogP contribution in [0, 0.1) is 0 Å². The van der Waals surface area contributed by atoms with Crippen LogP contribution >= 0.6 is 28.1 Å². The molecule has 0 saturated heterocycles. The Bertz CT molecular complexity index is 736. The molecule has 7 heteroatoms. The third-order valence-electron chi connectivity index (χ3n) is 2.91. The van der Waals surface area contributed by atoms with Crippen molar-refractivity contribution in [1.29, 1.82) is 0 Å². The van der Waals surface area contributed by atoms with Gasteiger partial charge in [0.1, 0.15) is 5.75 Å². The first-order valence-corrected chi connectivity index (χ1v) is 8.05. The fourth-order valence-electron chi connectivity index (χ4n) is 1.84. The van der Waals surface area contributed by atoms with Crippen molar-refractivity contribution >= 4 is 49.9 Å². The quantitative estimate of drug-likeness (QED) is 0.414. The van der Waals surface area contributed by atoms with Crippen LogP contribution in [0.25, 0.3) is 10.8 Å². The van der Waals surface area contributed by atoms with Crippen molar-refractivity contribution in [3.63, 3.8) is 0 Å². The van der Waals surface area contributed by atoms with E-state index in [4.69, 9.17) is 17.0 Å². The van der Waals surface area contributed by atoms with E-state index in [1.54, 1.807) is 6.08 Å². The molecule has 0 radical (unpaired) electrons. The summed E-state index contributed by atoms with van der Waals surface area (Å²) in [6.07, 6.45) is 1.66. The summed E-state index contributed by atoms with van der Waals surface area (Å²) in [6.45, 7) is 3.94. The average molecular weight is 394 g/mol. The zero-order valence-electron chi connectivity index (χ0n) is 12.3. The maximum Gasteiger partial charge on any atom is 0.276 e. The highest BCUT2D eigenvalue weighted by atomic mass is 79.9. The fraction of sp³-hybridized carbons (Fsp3) is 0.125. The SMILES string of the molecule is C=CCNC(=S)NNC(=O)COc1ccc2ccccc2c1Br. The molecule has 0 fully saturated rings. The molecule has 0 heterocycles. The molecule has 0 bridgehead atoms. The Kier molecular flexibility index (Phi) is 6.37. The number of hydrazine groups is 1. The van der Waals surface area contributed by atoms with E-state index in [1.165, 1.54) is 0 Å². The molecule has 0 saturated carbocycles. The van der Waals surface area contributed by atoms with E-state index in [-0.39, 0.29) is 12.5 Å². The van der Waals surface area contributed by atoms with E-state index < -0.39 is 0 Å². The van der Waals surface area contributed by atoms with Crippen molar-refractivity contribution in [2.75, 3.05) is 13.2 Å². The highest BCUT2D eigenvalue weighted by Gasteiger charge is 2.08. The van der Waals surface area contributed by atoms with Crippen LogP contribution in [0.4, 0.5) is 0 Å². The molecular formula is C16H16BrN3O2S. The van der Waals surface area contributed by atoms with Crippen LogP contribution in [-0.2, 0) is 4.79 Å². The number of halogens is 1. The summed E-state index contributed by atoms with van der Waals surface area (Å²) in [5.41, 5.74) is 5.03. The molecule has 2 rings (SSSR count). The minimum atomic E-state index is -0.340. The first-order valence-electron chi connectivity index (χ1n) is 6.85. The average Bonchev–Trinajstić information content (AvgIpc) is 2.57. The Balaban J connectivity index is 1.88. The second-order valence-electron chi connectivity index (χ2n) is 4.56. The number of nitrogens with one attached hydrogen (secondary N) is 3. The molecule has 2 aromatic rings. The van der Waals surface area contributed by atoms with E-state index in [1.807, 2.05) is 36.4 Å². The van der Waals surface area contributed by atoms with E-state index in [0.29, 0.717) is 17.4 Å². The Morgan fingerprint density at radius 3 is 2.83 bits per heavy atom. The van der Waals surface area contributed by atoms with E-state index in [9.17, 15) is 4.79 Å². The first-order chi connectivity index (χ1) is 11.1. The normalized spacial score (nSPS) is 9.96. The molecular weight excluding hydrogens is 378 g/mol. The van der Waals surface area contributed by atoms with Gasteiger partial charge in [0.05, 0.1) is 4.47 Å². The van der Waals surface area contributed by atoms with Crippen LogP contribution < -0.4 is 20.9 Å². The predicted octanol–water partition coefficient (Wildman–Crippen LogP) is 2.66. The van der Waals surface area contributed by atoms with Crippen molar-refractivity contribution in [1.82, 2.24) is 16.2 Å². The molecule has 0 unspecified atom stereocenters. The molecule has 0 aliphatic rings. The third-order valence-corrected chi connectivity index (χ3v) is 3.97. The lowest BCUT2D eigenvalue weighted by Gasteiger charge is -2.12. The summed E-state index contributed by atoms with van der Waals surface area (Å²) >= 11 is 8.47. The summed E-state index contributed by atoms with van der Waals surface area (Å²) in [7, 11) is 0. The largest absolute Gasteiger partial charge is 0.483 e. The maximum absolute atomic E-state index is 11.7. The van der Waals surface area contributed by atoms with Crippen molar-refractivity contribution in [2.24, 2.45) is 0 Å². The molecule has 2 aromatic carbocycles. The van der Waals surface area contributed by atoms with Crippen LogP contribution in [0.2, 0.25) is 0 Å². The van der Waals surface area contributed by atoms with Gasteiger partial charge in [-0.25, -0.2) is 0 Å². The molecule has 23 heavy (non-hydrogen) atoms. The second-order valence-corrected chi connectivity index (χ2v) is 5.76. The third kappa shape index (κ3) is 4.94. The number of carbonyl (C=O) groups is 1. The number of benzene rings is 2. The molecule has 1 amide bonds. The molecule has 0 aliphatic carbocycles. The lowest BCUT2D eigenvalue weighted by molar-refractivity contribution is -0.123. The number of hydrogen-bond acceptors (Lipinski definition) is 3. The maximum atomic E-state index is 11.7. The standard InChI is InChI=1S/C16H16BrN3O2S/c1-2-9-18-16(23)20-19-14(21)10-22-13-8-7-11-5-3-4-6-12(11)15(13)17/h2-8H,1,9-10H2,(H,19,21)(H2,18,20,23). The summed E-state index contributed by atoms with van der Waals surface area (Å²) in [5, 5.41) is 5.26. The van der Waals surface area contributed by atoms with Gasteiger partial charge in [-0.1, -0.05) is 36.4 Å². The number of fused-ring (bicyclic) bond motifs is 1. The molecule has 0 spiro atoms. The minimum Gasteiger partial charge on any atom is -0.483 e. The number of rotatable bonds is 5. The minimum absolute atomic E-state index is 0.131. The molecule has 5 nitrogen and oxygen atoms in total. The Morgan fingerprint density at radius 1 is 1.26 bits per heavy atom. The van der Waals surface area contributed by atoms with Crippen LogP contribution in [0.15, 0.2) is 53.5 Å². The summed E-state index contributed by atoms with van der Waals surface area (Å²) in [6, 6.07) is 11.7.